The number of rotatable bonds is 5. The molecular formula is C13H18N2O2S. The van der Waals surface area contributed by atoms with Crippen molar-refractivity contribution in [3.63, 3.8) is 0 Å². The standard InChI is InChI=1S/C13H18N2O2S/c1-9(6-7-16-2)15-12-5-4-10(17-3)8-11(12)14-13(15)18/h4-5,8-9H,6-7H2,1-3H3,(H,14,18). The molecular weight excluding hydrogens is 248 g/mol. The van der Waals surface area contributed by atoms with Gasteiger partial charge in [0.15, 0.2) is 4.77 Å². The van der Waals surface area contributed by atoms with Gasteiger partial charge in [-0.25, -0.2) is 0 Å². The highest BCUT2D eigenvalue weighted by Crippen LogP contribution is 2.24. The molecule has 98 valence electrons. The van der Waals surface area contributed by atoms with Crippen molar-refractivity contribution >= 4 is 23.3 Å². The molecule has 1 aromatic heterocycles. The quantitative estimate of drug-likeness (QED) is 0.844. The Labute approximate surface area is 112 Å². The molecule has 0 saturated heterocycles. The second-order valence-corrected chi connectivity index (χ2v) is 4.70. The molecule has 0 aliphatic heterocycles. The Morgan fingerprint density at radius 3 is 2.83 bits per heavy atom. The van der Waals surface area contributed by atoms with Crippen LogP contribution in [0.25, 0.3) is 11.0 Å². The number of aromatic amines is 1. The molecule has 0 saturated carbocycles. The molecule has 0 fully saturated rings. The van der Waals surface area contributed by atoms with E-state index in [1.807, 2.05) is 18.2 Å². The van der Waals surface area contributed by atoms with Gasteiger partial charge in [0, 0.05) is 25.8 Å². The molecule has 1 atom stereocenters. The van der Waals surface area contributed by atoms with Gasteiger partial charge in [-0.2, -0.15) is 0 Å². The largest absolute Gasteiger partial charge is 0.497 e. The number of fused-ring (bicyclic) bond motifs is 1. The smallest absolute Gasteiger partial charge is 0.178 e. The molecule has 0 amide bonds. The van der Waals surface area contributed by atoms with Crippen molar-refractivity contribution in [3.05, 3.63) is 23.0 Å². The van der Waals surface area contributed by atoms with Crippen LogP contribution >= 0.6 is 12.2 Å². The summed E-state index contributed by atoms with van der Waals surface area (Å²) in [5.74, 6) is 0.829. The lowest BCUT2D eigenvalue weighted by molar-refractivity contribution is 0.181. The first-order chi connectivity index (χ1) is 8.67. The van der Waals surface area contributed by atoms with E-state index in [4.69, 9.17) is 21.7 Å². The van der Waals surface area contributed by atoms with E-state index >= 15 is 0 Å². The number of methoxy groups -OCH3 is 2. The molecule has 1 aromatic carbocycles. The van der Waals surface area contributed by atoms with Crippen LogP contribution in [0.1, 0.15) is 19.4 Å². The zero-order valence-electron chi connectivity index (χ0n) is 10.9. The molecule has 0 aliphatic carbocycles. The minimum Gasteiger partial charge on any atom is -0.497 e. The zero-order chi connectivity index (χ0) is 13.1. The molecule has 1 N–H and O–H groups in total. The van der Waals surface area contributed by atoms with Crippen LogP contribution < -0.4 is 4.74 Å². The SMILES string of the molecule is COCCC(C)n1c(=S)[nH]c2cc(OC)ccc21. The summed E-state index contributed by atoms with van der Waals surface area (Å²) in [6.45, 7) is 2.87. The average Bonchev–Trinajstić information content (AvgIpc) is 2.70. The molecule has 1 heterocycles. The van der Waals surface area contributed by atoms with Crippen molar-refractivity contribution in [1.82, 2.24) is 9.55 Å². The van der Waals surface area contributed by atoms with Gasteiger partial charge in [0.1, 0.15) is 5.75 Å². The Balaban J connectivity index is 2.44. The first kappa shape index (κ1) is 13.1. The van der Waals surface area contributed by atoms with Crippen LogP contribution in [0.2, 0.25) is 0 Å². The molecule has 0 aliphatic rings. The van der Waals surface area contributed by atoms with E-state index in [9.17, 15) is 0 Å². The highest BCUT2D eigenvalue weighted by molar-refractivity contribution is 7.71. The summed E-state index contributed by atoms with van der Waals surface area (Å²) in [6.07, 6.45) is 0.934. The van der Waals surface area contributed by atoms with Gasteiger partial charge in [-0.15, -0.1) is 0 Å². The number of nitrogens with one attached hydrogen (secondary N) is 1. The number of H-pyrrole nitrogens is 1. The molecule has 0 radical (unpaired) electrons. The monoisotopic (exact) mass is 266 g/mol. The van der Waals surface area contributed by atoms with Gasteiger partial charge in [0.25, 0.3) is 0 Å². The summed E-state index contributed by atoms with van der Waals surface area (Å²) < 4.78 is 13.2. The van der Waals surface area contributed by atoms with Gasteiger partial charge in [0.05, 0.1) is 18.1 Å². The lowest BCUT2D eigenvalue weighted by Gasteiger charge is -2.14. The Morgan fingerprint density at radius 1 is 1.39 bits per heavy atom. The van der Waals surface area contributed by atoms with E-state index < -0.39 is 0 Å². The van der Waals surface area contributed by atoms with Gasteiger partial charge in [-0.1, -0.05) is 0 Å². The lowest BCUT2D eigenvalue weighted by atomic mass is 10.2. The van der Waals surface area contributed by atoms with Crippen LogP contribution in [-0.2, 0) is 4.74 Å². The first-order valence-corrected chi connectivity index (χ1v) is 6.35. The highest BCUT2D eigenvalue weighted by atomic mass is 32.1. The van der Waals surface area contributed by atoms with Crippen molar-refractivity contribution in [2.45, 2.75) is 19.4 Å². The number of aromatic nitrogens is 2. The van der Waals surface area contributed by atoms with E-state index in [2.05, 4.69) is 16.5 Å². The Hall–Kier alpha value is -1.33. The maximum atomic E-state index is 5.38. The second kappa shape index (κ2) is 5.54. The van der Waals surface area contributed by atoms with Gasteiger partial charge in [-0.3, -0.25) is 0 Å². The number of ether oxygens (including phenoxy) is 2. The Bertz CT molecular complexity index is 588. The minimum atomic E-state index is 0.305. The van der Waals surface area contributed by atoms with Crippen LogP contribution in [0, 0.1) is 4.77 Å². The van der Waals surface area contributed by atoms with Crippen LogP contribution in [0.15, 0.2) is 18.2 Å². The van der Waals surface area contributed by atoms with Gasteiger partial charge < -0.3 is 19.0 Å². The third kappa shape index (κ3) is 2.42. The van der Waals surface area contributed by atoms with Crippen molar-refractivity contribution in [2.24, 2.45) is 0 Å². The highest BCUT2D eigenvalue weighted by Gasteiger charge is 2.11. The van der Waals surface area contributed by atoms with Crippen LogP contribution in [0.5, 0.6) is 5.75 Å². The summed E-state index contributed by atoms with van der Waals surface area (Å²) in [7, 11) is 3.38. The molecule has 18 heavy (non-hydrogen) atoms. The Morgan fingerprint density at radius 2 is 2.17 bits per heavy atom. The van der Waals surface area contributed by atoms with Crippen molar-refractivity contribution in [3.8, 4) is 5.75 Å². The Kier molecular flexibility index (Phi) is 4.04. The normalized spacial score (nSPS) is 12.8. The van der Waals surface area contributed by atoms with Crippen molar-refractivity contribution in [1.29, 1.82) is 0 Å². The summed E-state index contributed by atoms with van der Waals surface area (Å²) >= 11 is 5.38. The number of nitrogens with zero attached hydrogens (tertiary/aromatic N) is 1. The van der Waals surface area contributed by atoms with E-state index in [-0.39, 0.29) is 0 Å². The van der Waals surface area contributed by atoms with E-state index in [0.29, 0.717) is 6.04 Å². The van der Waals surface area contributed by atoms with E-state index in [0.717, 1.165) is 34.6 Å². The lowest BCUT2D eigenvalue weighted by Crippen LogP contribution is -2.07. The minimum absolute atomic E-state index is 0.305. The molecule has 4 nitrogen and oxygen atoms in total. The fourth-order valence-electron chi connectivity index (χ4n) is 2.09. The van der Waals surface area contributed by atoms with Gasteiger partial charge in [-0.05, 0) is 37.7 Å². The number of imidazole rings is 1. The molecule has 2 aromatic rings. The third-order valence-corrected chi connectivity index (χ3v) is 3.40. The van der Waals surface area contributed by atoms with Crippen LogP contribution in [0.3, 0.4) is 0 Å². The van der Waals surface area contributed by atoms with Gasteiger partial charge in [0.2, 0.25) is 0 Å². The molecule has 5 heteroatoms. The average molecular weight is 266 g/mol. The third-order valence-electron chi connectivity index (χ3n) is 3.10. The summed E-state index contributed by atoms with van der Waals surface area (Å²) in [6, 6.07) is 6.25. The second-order valence-electron chi connectivity index (χ2n) is 4.31. The molecule has 2 rings (SSSR count). The first-order valence-electron chi connectivity index (χ1n) is 5.94. The summed E-state index contributed by atoms with van der Waals surface area (Å²) in [5.41, 5.74) is 2.10. The molecule has 0 spiro atoms. The number of hydrogen-bond acceptors (Lipinski definition) is 3. The molecule has 1 unspecified atom stereocenters. The van der Waals surface area contributed by atoms with E-state index in [1.54, 1.807) is 14.2 Å². The fraction of sp³-hybridized carbons (Fsp3) is 0.462. The summed E-state index contributed by atoms with van der Waals surface area (Å²) in [4.78, 5) is 3.22. The number of benzene rings is 1. The van der Waals surface area contributed by atoms with Crippen LogP contribution in [0.4, 0.5) is 0 Å². The molecule has 0 bridgehead atoms. The van der Waals surface area contributed by atoms with Gasteiger partial charge >= 0.3 is 0 Å². The predicted octanol–water partition coefficient (Wildman–Crippen LogP) is 3.30. The van der Waals surface area contributed by atoms with Crippen LogP contribution in [-0.4, -0.2) is 30.4 Å². The fourth-order valence-corrected chi connectivity index (χ4v) is 2.48. The maximum Gasteiger partial charge on any atom is 0.178 e. The zero-order valence-corrected chi connectivity index (χ0v) is 11.7. The number of hydrogen-bond donors (Lipinski definition) is 1. The van der Waals surface area contributed by atoms with Crippen molar-refractivity contribution < 1.29 is 9.47 Å². The predicted molar refractivity (Wildman–Crippen MR) is 74.9 cm³/mol. The maximum absolute atomic E-state index is 5.38. The van der Waals surface area contributed by atoms with E-state index in [1.165, 1.54) is 0 Å². The summed E-state index contributed by atoms with van der Waals surface area (Å²) in [5, 5.41) is 0. The topological polar surface area (TPSA) is 39.2 Å². The van der Waals surface area contributed by atoms with Crippen molar-refractivity contribution in [2.75, 3.05) is 20.8 Å².